The van der Waals surface area contributed by atoms with Gasteiger partial charge in [0.1, 0.15) is 6.10 Å². The highest BCUT2D eigenvalue weighted by Crippen LogP contribution is 2.19. The summed E-state index contributed by atoms with van der Waals surface area (Å²) in [5.41, 5.74) is 0. The SMILES string of the molecule is CCCCC/C=C/C=C/CCCCCCCCC(=O)OC(CCCCCCCCCCCCCCCC)CC(=O)NC(CO)C(O)CCCCCCCCCCCCCCCCC. The maximum Gasteiger partial charge on any atom is 0.306 e. The highest BCUT2D eigenvalue weighted by atomic mass is 16.5. The summed E-state index contributed by atoms with van der Waals surface area (Å²) in [7, 11) is 0. The number of aliphatic hydroxyl groups is 2. The molecule has 3 atom stereocenters. The van der Waals surface area contributed by atoms with Gasteiger partial charge in [-0.15, -0.1) is 0 Å². The van der Waals surface area contributed by atoms with E-state index in [0.717, 1.165) is 51.4 Å². The quantitative estimate of drug-likeness (QED) is 0.0321. The largest absolute Gasteiger partial charge is 0.462 e. The van der Waals surface area contributed by atoms with Gasteiger partial charge in [-0.25, -0.2) is 0 Å². The van der Waals surface area contributed by atoms with Crippen molar-refractivity contribution in [2.45, 2.75) is 322 Å². The minimum Gasteiger partial charge on any atom is -0.462 e. The molecule has 0 aromatic heterocycles. The molecule has 0 saturated carbocycles. The van der Waals surface area contributed by atoms with Crippen LogP contribution in [0.1, 0.15) is 303 Å². The second-order valence-electron chi connectivity index (χ2n) is 19.4. The number of esters is 1. The van der Waals surface area contributed by atoms with E-state index in [1.54, 1.807) is 0 Å². The van der Waals surface area contributed by atoms with E-state index in [1.807, 2.05) is 0 Å². The van der Waals surface area contributed by atoms with E-state index in [-0.39, 0.29) is 24.9 Å². The molecule has 0 spiro atoms. The first-order valence-electron chi connectivity index (χ1n) is 28.1. The van der Waals surface area contributed by atoms with Crippen LogP contribution in [0.4, 0.5) is 0 Å². The number of hydrogen-bond donors (Lipinski definition) is 3. The number of carbonyl (C=O) groups excluding carboxylic acids is 2. The molecular weight excluding hydrogens is 779 g/mol. The molecule has 0 bridgehead atoms. The number of nitrogens with one attached hydrogen (secondary N) is 1. The Labute approximate surface area is 392 Å². The van der Waals surface area contributed by atoms with Crippen LogP contribution in [0.2, 0.25) is 0 Å². The predicted octanol–water partition coefficient (Wildman–Crippen LogP) is 17.1. The Morgan fingerprint density at radius 1 is 0.460 bits per heavy atom. The van der Waals surface area contributed by atoms with Crippen LogP contribution in [0.3, 0.4) is 0 Å². The Hall–Kier alpha value is -1.66. The molecule has 0 fully saturated rings. The lowest BCUT2D eigenvalue weighted by Crippen LogP contribution is -2.46. The topological polar surface area (TPSA) is 95.9 Å². The van der Waals surface area contributed by atoms with Crippen LogP contribution in [0.15, 0.2) is 24.3 Å². The van der Waals surface area contributed by atoms with Gasteiger partial charge < -0.3 is 20.3 Å². The van der Waals surface area contributed by atoms with E-state index < -0.39 is 18.2 Å². The number of allylic oxidation sites excluding steroid dienone is 4. The maximum atomic E-state index is 13.2. The van der Waals surface area contributed by atoms with Crippen LogP contribution in [-0.4, -0.2) is 46.9 Å². The minimum absolute atomic E-state index is 0.0788. The van der Waals surface area contributed by atoms with Crippen LogP contribution in [0.25, 0.3) is 0 Å². The van der Waals surface area contributed by atoms with Crippen LogP contribution < -0.4 is 5.32 Å². The molecule has 0 saturated heterocycles. The van der Waals surface area contributed by atoms with Crippen molar-refractivity contribution >= 4 is 11.9 Å². The van der Waals surface area contributed by atoms with Crippen LogP contribution in [0.5, 0.6) is 0 Å². The molecule has 0 aliphatic rings. The van der Waals surface area contributed by atoms with Crippen molar-refractivity contribution in [1.29, 1.82) is 0 Å². The Morgan fingerprint density at radius 2 is 0.794 bits per heavy atom. The van der Waals surface area contributed by atoms with Gasteiger partial charge in [0.25, 0.3) is 0 Å². The van der Waals surface area contributed by atoms with Crippen molar-refractivity contribution in [1.82, 2.24) is 5.32 Å². The summed E-state index contributed by atoms with van der Waals surface area (Å²) < 4.78 is 5.95. The molecule has 3 N–H and O–H groups in total. The Balaban J connectivity index is 4.53. The second kappa shape index (κ2) is 51.3. The molecule has 0 aromatic rings. The number of unbranched alkanes of at least 4 members (excludes halogenated alkanes) is 36. The molecule has 1 amide bonds. The van der Waals surface area contributed by atoms with Crippen molar-refractivity contribution in [2.24, 2.45) is 0 Å². The van der Waals surface area contributed by atoms with Gasteiger partial charge in [0, 0.05) is 6.42 Å². The van der Waals surface area contributed by atoms with Crippen molar-refractivity contribution in [2.75, 3.05) is 6.61 Å². The number of carbonyl (C=O) groups is 2. The summed E-state index contributed by atoms with van der Waals surface area (Å²) in [6.45, 7) is 6.49. The molecule has 6 nitrogen and oxygen atoms in total. The lowest BCUT2D eigenvalue weighted by Gasteiger charge is -2.24. The van der Waals surface area contributed by atoms with Crippen molar-refractivity contribution in [3.05, 3.63) is 24.3 Å². The summed E-state index contributed by atoms with van der Waals surface area (Å²) in [5.74, 6) is -0.469. The summed E-state index contributed by atoms with van der Waals surface area (Å²) in [6.07, 6.45) is 59.5. The maximum absolute atomic E-state index is 13.2. The fourth-order valence-electron chi connectivity index (χ4n) is 8.78. The van der Waals surface area contributed by atoms with Gasteiger partial charge in [-0.2, -0.15) is 0 Å². The fourth-order valence-corrected chi connectivity index (χ4v) is 8.78. The van der Waals surface area contributed by atoms with Gasteiger partial charge in [-0.05, 0) is 51.4 Å². The van der Waals surface area contributed by atoms with Crippen molar-refractivity contribution < 1.29 is 24.5 Å². The molecule has 0 radical (unpaired) electrons. The molecule has 0 rings (SSSR count). The van der Waals surface area contributed by atoms with E-state index >= 15 is 0 Å². The Kier molecular flexibility index (Phi) is 50.0. The van der Waals surface area contributed by atoms with E-state index in [4.69, 9.17) is 4.74 Å². The van der Waals surface area contributed by atoms with E-state index in [9.17, 15) is 19.8 Å². The monoisotopic (exact) mass is 888 g/mol. The highest BCUT2D eigenvalue weighted by Gasteiger charge is 2.24. The smallest absolute Gasteiger partial charge is 0.306 e. The lowest BCUT2D eigenvalue weighted by atomic mass is 10.0. The molecule has 0 aliphatic carbocycles. The van der Waals surface area contributed by atoms with Crippen LogP contribution in [-0.2, 0) is 14.3 Å². The van der Waals surface area contributed by atoms with Crippen molar-refractivity contribution in [3.63, 3.8) is 0 Å². The van der Waals surface area contributed by atoms with Crippen molar-refractivity contribution in [3.8, 4) is 0 Å². The van der Waals surface area contributed by atoms with E-state index in [2.05, 4.69) is 50.4 Å². The zero-order valence-corrected chi connectivity index (χ0v) is 42.5. The number of amides is 1. The van der Waals surface area contributed by atoms with Gasteiger partial charge in [0.15, 0.2) is 0 Å². The minimum atomic E-state index is -0.786. The summed E-state index contributed by atoms with van der Waals surface area (Å²) >= 11 is 0. The first-order valence-corrected chi connectivity index (χ1v) is 28.1. The third-order valence-corrected chi connectivity index (χ3v) is 13.1. The summed E-state index contributed by atoms with van der Waals surface area (Å²) in [6, 6.07) is -0.699. The molecule has 6 heteroatoms. The predicted molar refractivity (Wildman–Crippen MR) is 273 cm³/mol. The molecule has 3 unspecified atom stereocenters. The number of rotatable bonds is 51. The summed E-state index contributed by atoms with van der Waals surface area (Å²) in [5, 5.41) is 23.9. The Morgan fingerprint density at radius 3 is 1.21 bits per heavy atom. The normalized spacial score (nSPS) is 13.3. The van der Waals surface area contributed by atoms with Crippen LogP contribution in [0, 0.1) is 0 Å². The standard InChI is InChI=1S/C57H109NO5/c1-4-7-10-13-16-19-22-25-28-31-34-37-40-43-46-49-55(60)54(52-59)58-56(61)51-53(48-45-42-39-36-33-30-27-24-21-18-15-12-9-6-3)63-57(62)50-47-44-41-38-35-32-29-26-23-20-17-14-11-8-5-2/h17,20,23,26,53-55,59-60H,4-16,18-19,21-22,24-25,27-52H2,1-3H3,(H,58,61)/b20-17+,26-23+. The average Bonchev–Trinajstić information content (AvgIpc) is 3.28. The number of aliphatic hydroxyl groups excluding tert-OH is 2. The first-order chi connectivity index (χ1) is 31.0. The van der Waals surface area contributed by atoms with Gasteiger partial charge in [0.05, 0.1) is 25.2 Å². The summed E-state index contributed by atoms with van der Waals surface area (Å²) in [4.78, 5) is 26.2. The first kappa shape index (κ1) is 61.3. The average molecular weight is 889 g/mol. The van der Waals surface area contributed by atoms with Crippen LogP contribution >= 0.6 is 0 Å². The molecule has 0 heterocycles. The molecule has 63 heavy (non-hydrogen) atoms. The van der Waals surface area contributed by atoms with Gasteiger partial charge >= 0.3 is 5.97 Å². The Bertz CT molecular complexity index is 997. The molecule has 0 aromatic carbocycles. The fraction of sp³-hybridized carbons (Fsp3) is 0.895. The zero-order valence-electron chi connectivity index (χ0n) is 42.5. The zero-order chi connectivity index (χ0) is 45.9. The molecule has 0 aliphatic heterocycles. The van der Waals surface area contributed by atoms with Gasteiger partial charge in [0.2, 0.25) is 5.91 Å². The second-order valence-corrected chi connectivity index (χ2v) is 19.4. The van der Waals surface area contributed by atoms with E-state index in [0.29, 0.717) is 19.3 Å². The van der Waals surface area contributed by atoms with Gasteiger partial charge in [-0.1, -0.05) is 263 Å². The van der Waals surface area contributed by atoms with Gasteiger partial charge in [-0.3, -0.25) is 9.59 Å². The highest BCUT2D eigenvalue weighted by molar-refractivity contribution is 5.77. The molecule has 372 valence electrons. The third-order valence-electron chi connectivity index (χ3n) is 13.1. The number of ether oxygens (including phenoxy) is 1. The lowest BCUT2D eigenvalue weighted by molar-refractivity contribution is -0.151. The number of hydrogen-bond acceptors (Lipinski definition) is 5. The van der Waals surface area contributed by atoms with E-state index in [1.165, 1.54) is 205 Å². The molecular formula is C57H109NO5. The third kappa shape index (κ3) is 46.7.